The molecule has 1 atom stereocenters. The lowest BCUT2D eigenvalue weighted by Crippen LogP contribution is -2.37. The summed E-state index contributed by atoms with van der Waals surface area (Å²) < 4.78 is 0. The Kier molecular flexibility index (Phi) is 3.10. The van der Waals surface area contributed by atoms with Gasteiger partial charge in [0.15, 0.2) is 0 Å². The molecule has 0 aromatic rings. The Morgan fingerprint density at radius 1 is 1.29 bits per heavy atom. The molecule has 3 nitrogen and oxygen atoms in total. The predicted molar refractivity (Wildman–Crippen MR) is 55.1 cm³/mol. The lowest BCUT2D eigenvalue weighted by atomic mass is 9.87. The minimum Gasteiger partial charge on any atom is -0.396 e. The van der Waals surface area contributed by atoms with E-state index in [1.165, 1.54) is 12.8 Å². The normalized spacial score (nSPS) is 32.6. The van der Waals surface area contributed by atoms with Gasteiger partial charge in [-0.1, -0.05) is 12.8 Å². The molecule has 1 aliphatic heterocycles. The van der Waals surface area contributed by atoms with Crippen LogP contribution in [0.1, 0.15) is 32.1 Å². The SMILES string of the molecule is OCC1(CN2CCC(O)C2)CCCC1. The van der Waals surface area contributed by atoms with Crippen molar-refractivity contribution in [2.24, 2.45) is 5.41 Å². The third-order valence-corrected chi connectivity index (χ3v) is 3.81. The summed E-state index contributed by atoms with van der Waals surface area (Å²) in [6.45, 7) is 3.12. The summed E-state index contributed by atoms with van der Waals surface area (Å²) in [6.07, 6.45) is 5.62. The zero-order valence-corrected chi connectivity index (χ0v) is 8.78. The van der Waals surface area contributed by atoms with E-state index in [4.69, 9.17) is 0 Å². The molecule has 1 heterocycles. The Balaban J connectivity index is 1.88. The maximum Gasteiger partial charge on any atom is 0.0679 e. The average molecular weight is 199 g/mol. The zero-order valence-electron chi connectivity index (χ0n) is 8.78. The van der Waals surface area contributed by atoms with Gasteiger partial charge in [-0.3, -0.25) is 0 Å². The summed E-state index contributed by atoms with van der Waals surface area (Å²) in [5.41, 5.74) is 0.157. The van der Waals surface area contributed by atoms with Crippen LogP contribution in [0.4, 0.5) is 0 Å². The molecule has 0 aromatic carbocycles. The van der Waals surface area contributed by atoms with Crippen molar-refractivity contribution in [2.75, 3.05) is 26.2 Å². The second-order valence-corrected chi connectivity index (χ2v) is 5.04. The second kappa shape index (κ2) is 4.17. The van der Waals surface area contributed by atoms with Gasteiger partial charge < -0.3 is 15.1 Å². The molecule has 1 unspecified atom stereocenters. The van der Waals surface area contributed by atoms with E-state index in [2.05, 4.69) is 4.90 Å². The molecule has 2 fully saturated rings. The van der Waals surface area contributed by atoms with E-state index in [1.54, 1.807) is 0 Å². The molecule has 82 valence electrons. The van der Waals surface area contributed by atoms with Crippen molar-refractivity contribution in [3.8, 4) is 0 Å². The molecule has 0 radical (unpaired) electrons. The van der Waals surface area contributed by atoms with Crippen LogP contribution in [0.2, 0.25) is 0 Å². The lowest BCUT2D eigenvalue weighted by Gasteiger charge is -2.31. The summed E-state index contributed by atoms with van der Waals surface area (Å²) in [7, 11) is 0. The minimum absolute atomic E-state index is 0.132. The van der Waals surface area contributed by atoms with E-state index in [1.807, 2.05) is 0 Å². The maximum absolute atomic E-state index is 9.45. The summed E-state index contributed by atoms with van der Waals surface area (Å²) in [5.74, 6) is 0. The standard InChI is InChI=1S/C11H21NO2/c13-9-11(4-1-2-5-11)8-12-6-3-10(14)7-12/h10,13-14H,1-9H2. The molecular weight excluding hydrogens is 178 g/mol. The Bertz CT molecular complexity index is 190. The number of hydrogen-bond acceptors (Lipinski definition) is 3. The fourth-order valence-electron chi connectivity index (χ4n) is 2.92. The third kappa shape index (κ3) is 2.10. The van der Waals surface area contributed by atoms with Crippen LogP contribution in [-0.2, 0) is 0 Å². The molecular formula is C11H21NO2. The van der Waals surface area contributed by atoms with Crippen molar-refractivity contribution in [1.82, 2.24) is 4.90 Å². The van der Waals surface area contributed by atoms with Crippen LogP contribution in [0.5, 0.6) is 0 Å². The molecule has 1 saturated heterocycles. The lowest BCUT2D eigenvalue weighted by molar-refractivity contribution is 0.0809. The summed E-state index contributed by atoms with van der Waals surface area (Å²) in [6, 6.07) is 0. The van der Waals surface area contributed by atoms with E-state index in [0.717, 1.165) is 38.9 Å². The number of aliphatic hydroxyl groups is 2. The number of β-amino-alcohol motifs (C(OH)–C–C–N with tert-alkyl or cyclic N) is 1. The molecule has 1 aliphatic carbocycles. The van der Waals surface area contributed by atoms with Gasteiger partial charge in [0.2, 0.25) is 0 Å². The van der Waals surface area contributed by atoms with Gasteiger partial charge in [-0.25, -0.2) is 0 Å². The highest BCUT2D eigenvalue weighted by Crippen LogP contribution is 2.38. The number of likely N-dealkylation sites (tertiary alicyclic amines) is 1. The van der Waals surface area contributed by atoms with Crippen LogP contribution in [-0.4, -0.2) is 47.5 Å². The molecule has 0 aromatic heterocycles. The number of hydrogen-bond donors (Lipinski definition) is 2. The van der Waals surface area contributed by atoms with Crippen molar-refractivity contribution >= 4 is 0 Å². The molecule has 2 aliphatic rings. The smallest absolute Gasteiger partial charge is 0.0679 e. The Hall–Kier alpha value is -0.120. The van der Waals surface area contributed by atoms with Gasteiger partial charge in [0.05, 0.1) is 6.10 Å². The molecule has 1 saturated carbocycles. The van der Waals surface area contributed by atoms with Gasteiger partial charge in [-0.2, -0.15) is 0 Å². The van der Waals surface area contributed by atoms with Gasteiger partial charge in [0.1, 0.15) is 0 Å². The van der Waals surface area contributed by atoms with Crippen molar-refractivity contribution in [3.63, 3.8) is 0 Å². The number of nitrogens with zero attached hydrogens (tertiary/aromatic N) is 1. The monoisotopic (exact) mass is 199 g/mol. The van der Waals surface area contributed by atoms with Crippen molar-refractivity contribution in [2.45, 2.75) is 38.2 Å². The highest BCUT2D eigenvalue weighted by atomic mass is 16.3. The first-order chi connectivity index (χ1) is 6.74. The topological polar surface area (TPSA) is 43.7 Å². The first-order valence-electron chi connectivity index (χ1n) is 5.75. The molecule has 14 heavy (non-hydrogen) atoms. The van der Waals surface area contributed by atoms with E-state index >= 15 is 0 Å². The highest BCUT2D eigenvalue weighted by Gasteiger charge is 2.36. The van der Waals surface area contributed by atoms with Crippen LogP contribution in [0.15, 0.2) is 0 Å². The van der Waals surface area contributed by atoms with E-state index in [0.29, 0.717) is 6.61 Å². The fraction of sp³-hybridized carbons (Fsp3) is 1.00. The quantitative estimate of drug-likeness (QED) is 0.700. The predicted octanol–water partition coefficient (Wildman–Crippen LogP) is 0.606. The highest BCUT2D eigenvalue weighted by molar-refractivity contribution is 4.89. The van der Waals surface area contributed by atoms with E-state index < -0.39 is 0 Å². The summed E-state index contributed by atoms with van der Waals surface area (Å²) in [4.78, 5) is 2.31. The molecule has 0 bridgehead atoms. The van der Waals surface area contributed by atoms with Crippen molar-refractivity contribution < 1.29 is 10.2 Å². The van der Waals surface area contributed by atoms with Crippen LogP contribution in [0.25, 0.3) is 0 Å². The summed E-state index contributed by atoms with van der Waals surface area (Å²) in [5, 5.41) is 18.9. The van der Waals surface area contributed by atoms with E-state index in [9.17, 15) is 10.2 Å². The maximum atomic E-state index is 9.45. The van der Waals surface area contributed by atoms with Gasteiger partial charge >= 0.3 is 0 Å². The van der Waals surface area contributed by atoms with Crippen LogP contribution in [0.3, 0.4) is 0 Å². The molecule has 0 amide bonds. The van der Waals surface area contributed by atoms with Crippen LogP contribution >= 0.6 is 0 Å². The Morgan fingerprint density at radius 3 is 2.50 bits per heavy atom. The number of rotatable bonds is 3. The fourth-order valence-corrected chi connectivity index (χ4v) is 2.92. The first-order valence-corrected chi connectivity index (χ1v) is 5.75. The van der Waals surface area contributed by atoms with Crippen LogP contribution < -0.4 is 0 Å². The minimum atomic E-state index is -0.132. The van der Waals surface area contributed by atoms with Crippen molar-refractivity contribution in [1.29, 1.82) is 0 Å². The molecule has 2 rings (SSSR count). The van der Waals surface area contributed by atoms with Gasteiger partial charge in [0, 0.05) is 31.7 Å². The zero-order chi connectivity index (χ0) is 10.0. The van der Waals surface area contributed by atoms with Crippen LogP contribution in [0, 0.1) is 5.41 Å². The first kappa shape index (κ1) is 10.4. The van der Waals surface area contributed by atoms with Gasteiger partial charge in [0.25, 0.3) is 0 Å². The largest absolute Gasteiger partial charge is 0.396 e. The van der Waals surface area contributed by atoms with E-state index in [-0.39, 0.29) is 11.5 Å². The van der Waals surface area contributed by atoms with Gasteiger partial charge in [-0.15, -0.1) is 0 Å². The third-order valence-electron chi connectivity index (χ3n) is 3.81. The second-order valence-electron chi connectivity index (χ2n) is 5.04. The Labute approximate surface area is 85.7 Å². The molecule has 3 heteroatoms. The van der Waals surface area contributed by atoms with Gasteiger partial charge in [-0.05, 0) is 19.3 Å². The van der Waals surface area contributed by atoms with Crippen molar-refractivity contribution in [3.05, 3.63) is 0 Å². The molecule has 0 spiro atoms. The Morgan fingerprint density at radius 2 is 2.00 bits per heavy atom. The average Bonchev–Trinajstić information content (AvgIpc) is 2.77. The molecule has 2 N–H and O–H groups in total. The number of aliphatic hydroxyl groups excluding tert-OH is 2. The summed E-state index contributed by atoms with van der Waals surface area (Å²) >= 11 is 0.